The highest BCUT2D eigenvalue weighted by molar-refractivity contribution is 9.10. The summed E-state index contributed by atoms with van der Waals surface area (Å²) in [5, 5.41) is 2.71. The van der Waals surface area contributed by atoms with Gasteiger partial charge in [0.25, 0.3) is 5.91 Å². The summed E-state index contributed by atoms with van der Waals surface area (Å²) in [5.74, 6) is 0.534. The Morgan fingerprint density at radius 3 is 2.85 bits per heavy atom. The van der Waals surface area contributed by atoms with E-state index in [1.165, 1.54) is 7.11 Å². The fourth-order valence-electron chi connectivity index (χ4n) is 1.75. The number of carbonyl (C=O) groups excluding carboxylic acids is 1. The standard InChI is InChI=1S/C14H14BrN3O2/c1-8-6-12(17-7-9(8)15)18-14(19)13-10(16)4-3-5-11(13)20-2/h3-7H,16H2,1-2H3,(H,17,18,19). The predicted octanol–water partition coefficient (Wildman–Crippen LogP) is 3.00. The zero-order valence-corrected chi connectivity index (χ0v) is 12.7. The highest BCUT2D eigenvalue weighted by atomic mass is 79.9. The van der Waals surface area contributed by atoms with Crippen LogP contribution in [0.15, 0.2) is 34.9 Å². The lowest BCUT2D eigenvalue weighted by atomic mass is 10.1. The molecule has 3 N–H and O–H groups in total. The number of hydrogen-bond donors (Lipinski definition) is 2. The molecule has 0 saturated carbocycles. The molecular formula is C14H14BrN3O2. The number of aromatic nitrogens is 1. The van der Waals surface area contributed by atoms with Crippen molar-refractivity contribution in [1.29, 1.82) is 0 Å². The molecule has 2 aromatic rings. The molecule has 2 rings (SSSR count). The maximum atomic E-state index is 12.3. The Hall–Kier alpha value is -2.08. The molecule has 0 aliphatic rings. The minimum Gasteiger partial charge on any atom is -0.496 e. The second-order valence-electron chi connectivity index (χ2n) is 4.20. The summed E-state index contributed by atoms with van der Waals surface area (Å²) in [6.07, 6.45) is 1.64. The van der Waals surface area contributed by atoms with Gasteiger partial charge < -0.3 is 15.8 Å². The maximum Gasteiger partial charge on any atom is 0.262 e. The second-order valence-corrected chi connectivity index (χ2v) is 5.05. The van der Waals surface area contributed by atoms with Crippen LogP contribution in [0.3, 0.4) is 0 Å². The molecule has 0 spiro atoms. The summed E-state index contributed by atoms with van der Waals surface area (Å²) in [6, 6.07) is 6.84. The molecule has 5 nitrogen and oxygen atoms in total. The molecule has 0 fully saturated rings. The van der Waals surface area contributed by atoms with E-state index in [0.29, 0.717) is 22.8 Å². The largest absolute Gasteiger partial charge is 0.496 e. The van der Waals surface area contributed by atoms with Gasteiger partial charge in [0.05, 0.1) is 7.11 Å². The van der Waals surface area contributed by atoms with Crippen molar-refractivity contribution in [3.63, 3.8) is 0 Å². The summed E-state index contributed by atoms with van der Waals surface area (Å²) in [5.41, 5.74) is 7.47. The molecule has 104 valence electrons. The van der Waals surface area contributed by atoms with Crippen LogP contribution in [0.5, 0.6) is 5.75 Å². The molecule has 0 saturated heterocycles. The van der Waals surface area contributed by atoms with Crippen molar-refractivity contribution in [2.24, 2.45) is 0 Å². The lowest BCUT2D eigenvalue weighted by Gasteiger charge is -2.11. The number of amides is 1. The molecule has 20 heavy (non-hydrogen) atoms. The average Bonchev–Trinajstić information content (AvgIpc) is 2.42. The van der Waals surface area contributed by atoms with Crippen LogP contribution in [0.1, 0.15) is 15.9 Å². The van der Waals surface area contributed by atoms with Crippen molar-refractivity contribution in [3.8, 4) is 5.75 Å². The Morgan fingerprint density at radius 2 is 2.20 bits per heavy atom. The summed E-state index contributed by atoms with van der Waals surface area (Å²) in [7, 11) is 1.49. The van der Waals surface area contributed by atoms with Gasteiger partial charge in [-0.25, -0.2) is 4.98 Å². The van der Waals surface area contributed by atoms with E-state index in [4.69, 9.17) is 10.5 Å². The van der Waals surface area contributed by atoms with Crippen molar-refractivity contribution in [3.05, 3.63) is 46.1 Å². The average molecular weight is 336 g/mol. The van der Waals surface area contributed by atoms with Crippen molar-refractivity contribution in [2.75, 3.05) is 18.2 Å². The van der Waals surface area contributed by atoms with Crippen LogP contribution in [0, 0.1) is 6.92 Å². The van der Waals surface area contributed by atoms with Gasteiger partial charge in [0.2, 0.25) is 0 Å². The highest BCUT2D eigenvalue weighted by Gasteiger charge is 2.16. The number of carbonyl (C=O) groups is 1. The maximum absolute atomic E-state index is 12.3. The molecule has 0 atom stereocenters. The van der Waals surface area contributed by atoms with Crippen molar-refractivity contribution >= 4 is 33.3 Å². The number of aryl methyl sites for hydroxylation is 1. The van der Waals surface area contributed by atoms with Crippen LogP contribution in [-0.4, -0.2) is 18.0 Å². The number of nitrogens with two attached hydrogens (primary N) is 1. The van der Waals surface area contributed by atoms with Crippen LogP contribution in [0.4, 0.5) is 11.5 Å². The van der Waals surface area contributed by atoms with Gasteiger partial charge in [-0.05, 0) is 46.6 Å². The number of hydrogen-bond acceptors (Lipinski definition) is 4. The molecule has 1 amide bonds. The summed E-state index contributed by atoms with van der Waals surface area (Å²) in [6.45, 7) is 1.92. The molecule has 0 bridgehead atoms. The number of methoxy groups -OCH3 is 1. The minimum absolute atomic E-state index is 0.303. The van der Waals surface area contributed by atoms with Crippen molar-refractivity contribution in [1.82, 2.24) is 4.98 Å². The van der Waals surface area contributed by atoms with E-state index in [-0.39, 0.29) is 5.91 Å². The van der Waals surface area contributed by atoms with Gasteiger partial charge >= 0.3 is 0 Å². The molecule has 0 aliphatic carbocycles. The summed E-state index contributed by atoms with van der Waals surface area (Å²) in [4.78, 5) is 16.4. The minimum atomic E-state index is -0.353. The van der Waals surface area contributed by atoms with E-state index in [1.54, 1.807) is 30.5 Å². The Morgan fingerprint density at radius 1 is 1.45 bits per heavy atom. The first-order chi connectivity index (χ1) is 9.52. The molecule has 1 aromatic heterocycles. The Balaban J connectivity index is 2.30. The number of nitrogen functional groups attached to an aromatic ring is 1. The van der Waals surface area contributed by atoms with Gasteiger partial charge in [-0.1, -0.05) is 6.07 Å². The Bertz CT molecular complexity index is 659. The van der Waals surface area contributed by atoms with E-state index in [1.807, 2.05) is 6.92 Å². The van der Waals surface area contributed by atoms with Crippen LogP contribution < -0.4 is 15.8 Å². The van der Waals surface area contributed by atoms with Crippen LogP contribution >= 0.6 is 15.9 Å². The van der Waals surface area contributed by atoms with Gasteiger partial charge in [0.1, 0.15) is 17.1 Å². The Labute approximate surface area is 125 Å². The highest BCUT2D eigenvalue weighted by Crippen LogP contribution is 2.25. The summed E-state index contributed by atoms with van der Waals surface area (Å²) < 4.78 is 6.04. The number of benzene rings is 1. The predicted molar refractivity (Wildman–Crippen MR) is 82.0 cm³/mol. The molecule has 0 unspecified atom stereocenters. The van der Waals surface area contributed by atoms with E-state index >= 15 is 0 Å². The van der Waals surface area contributed by atoms with Gasteiger partial charge in [-0.2, -0.15) is 0 Å². The van der Waals surface area contributed by atoms with Crippen LogP contribution in [-0.2, 0) is 0 Å². The normalized spacial score (nSPS) is 10.2. The molecular weight excluding hydrogens is 322 g/mol. The quantitative estimate of drug-likeness (QED) is 0.845. The van der Waals surface area contributed by atoms with Gasteiger partial charge in [0, 0.05) is 16.4 Å². The van der Waals surface area contributed by atoms with Gasteiger partial charge in [0.15, 0.2) is 0 Å². The van der Waals surface area contributed by atoms with Gasteiger partial charge in [-0.15, -0.1) is 0 Å². The zero-order chi connectivity index (χ0) is 14.7. The Kier molecular flexibility index (Phi) is 4.24. The zero-order valence-electron chi connectivity index (χ0n) is 11.1. The van der Waals surface area contributed by atoms with Crippen LogP contribution in [0.2, 0.25) is 0 Å². The SMILES string of the molecule is COc1cccc(N)c1C(=O)Nc1cc(C)c(Br)cn1. The number of nitrogens with one attached hydrogen (secondary N) is 1. The second kappa shape index (κ2) is 5.92. The molecule has 0 radical (unpaired) electrons. The number of rotatable bonds is 3. The number of pyridine rings is 1. The number of nitrogens with zero attached hydrogens (tertiary/aromatic N) is 1. The lowest BCUT2D eigenvalue weighted by Crippen LogP contribution is -2.16. The topological polar surface area (TPSA) is 77.2 Å². The van der Waals surface area contributed by atoms with Crippen molar-refractivity contribution in [2.45, 2.75) is 6.92 Å². The van der Waals surface area contributed by atoms with E-state index in [9.17, 15) is 4.79 Å². The first-order valence-electron chi connectivity index (χ1n) is 5.89. The van der Waals surface area contributed by atoms with E-state index < -0.39 is 0 Å². The lowest BCUT2D eigenvalue weighted by molar-refractivity contribution is 0.102. The monoisotopic (exact) mass is 335 g/mol. The smallest absolute Gasteiger partial charge is 0.262 e. The van der Waals surface area contributed by atoms with E-state index in [0.717, 1.165) is 10.0 Å². The third-order valence-electron chi connectivity index (χ3n) is 2.79. The number of anilines is 2. The number of halogens is 1. The first kappa shape index (κ1) is 14.3. The third kappa shape index (κ3) is 2.91. The molecule has 0 aliphatic heterocycles. The van der Waals surface area contributed by atoms with Crippen LogP contribution in [0.25, 0.3) is 0 Å². The van der Waals surface area contributed by atoms with E-state index in [2.05, 4.69) is 26.2 Å². The number of ether oxygens (including phenoxy) is 1. The first-order valence-corrected chi connectivity index (χ1v) is 6.68. The molecule has 6 heteroatoms. The summed E-state index contributed by atoms with van der Waals surface area (Å²) >= 11 is 3.36. The third-order valence-corrected chi connectivity index (χ3v) is 3.62. The fraction of sp³-hybridized carbons (Fsp3) is 0.143. The van der Waals surface area contributed by atoms with Crippen molar-refractivity contribution < 1.29 is 9.53 Å². The molecule has 1 aromatic carbocycles. The fourth-order valence-corrected chi connectivity index (χ4v) is 1.96. The molecule has 1 heterocycles. The van der Waals surface area contributed by atoms with Gasteiger partial charge in [-0.3, -0.25) is 4.79 Å².